The SMILES string of the molecule is C[C@H](C(=O)N(C)Cc1ccccc1)N1C(=O)CS/C1=C\C(=O)C(C)(C)C. The van der Waals surface area contributed by atoms with Gasteiger partial charge in [-0.3, -0.25) is 19.3 Å². The van der Waals surface area contributed by atoms with Gasteiger partial charge in [-0.25, -0.2) is 0 Å². The van der Waals surface area contributed by atoms with Crippen molar-refractivity contribution in [2.45, 2.75) is 40.3 Å². The van der Waals surface area contributed by atoms with Crippen LogP contribution in [-0.2, 0) is 20.9 Å². The first-order chi connectivity index (χ1) is 12.1. The van der Waals surface area contributed by atoms with Gasteiger partial charge >= 0.3 is 0 Å². The Bertz CT molecular complexity index is 722. The number of rotatable bonds is 5. The van der Waals surface area contributed by atoms with Crippen molar-refractivity contribution in [1.82, 2.24) is 9.80 Å². The van der Waals surface area contributed by atoms with Gasteiger partial charge in [0.1, 0.15) is 6.04 Å². The summed E-state index contributed by atoms with van der Waals surface area (Å²) in [6.07, 6.45) is 1.50. The monoisotopic (exact) mass is 374 g/mol. The molecule has 6 heteroatoms. The van der Waals surface area contributed by atoms with Gasteiger partial charge in [0.25, 0.3) is 0 Å². The van der Waals surface area contributed by atoms with E-state index in [1.165, 1.54) is 22.7 Å². The second-order valence-electron chi connectivity index (χ2n) is 7.51. The Hall–Kier alpha value is -2.08. The fourth-order valence-corrected chi connectivity index (χ4v) is 3.61. The lowest BCUT2D eigenvalue weighted by molar-refractivity contribution is -0.140. The van der Waals surface area contributed by atoms with E-state index in [9.17, 15) is 14.4 Å². The third-order valence-corrected chi connectivity index (χ3v) is 5.23. The summed E-state index contributed by atoms with van der Waals surface area (Å²) in [5, 5.41) is 0.559. The molecule has 2 amide bonds. The Kier molecular flexibility index (Phi) is 6.29. The largest absolute Gasteiger partial charge is 0.340 e. The Morgan fingerprint density at radius 3 is 2.46 bits per heavy atom. The van der Waals surface area contributed by atoms with E-state index in [2.05, 4.69) is 0 Å². The van der Waals surface area contributed by atoms with Gasteiger partial charge < -0.3 is 4.90 Å². The summed E-state index contributed by atoms with van der Waals surface area (Å²) in [6, 6.07) is 9.05. The molecule has 26 heavy (non-hydrogen) atoms. The summed E-state index contributed by atoms with van der Waals surface area (Å²) in [5.74, 6) is -0.101. The van der Waals surface area contributed by atoms with Crippen LogP contribution in [0.2, 0.25) is 0 Å². The van der Waals surface area contributed by atoms with Gasteiger partial charge in [0, 0.05) is 25.1 Å². The van der Waals surface area contributed by atoms with Crippen LogP contribution >= 0.6 is 11.8 Å². The molecule has 1 fully saturated rings. The minimum absolute atomic E-state index is 0.0583. The van der Waals surface area contributed by atoms with Crippen LogP contribution in [0.1, 0.15) is 33.3 Å². The molecule has 1 atom stereocenters. The van der Waals surface area contributed by atoms with Gasteiger partial charge in [0.2, 0.25) is 11.8 Å². The summed E-state index contributed by atoms with van der Waals surface area (Å²) >= 11 is 1.31. The lowest BCUT2D eigenvalue weighted by Crippen LogP contribution is -2.45. The van der Waals surface area contributed by atoms with Crippen LogP contribution in [0, 0.1) is 5.41 Å². The molecule has 0 spiro atoms. The molecule has 1 aromatic rings. The zero-order chi connectivity index (χ0) is 19.5. The molecular weight excluding hydrogens is 348 g/mol. The quantitative estimate of drug-likeness (QED) is 0.743. The third kappa shape index (κ3) is 4.75. The van der Waals surface area contributed by atoms with Crippen molar-refractivity contribution in [2.24, 2.45) is 5.41 Å². The maximum atomic E-state index is 12.8. The third-order valence-electron chi connectivity index (χ3n) is 4.23. The second kappa shape index (κ2) is 8.08. The van der Waals surface area contributed by atoms with Crippen molar-refractivity contribution in [3.8, 4) is 0 Å². The molecule has 0 unspecified atom stereocenters. The average molecular weight is 375 g/mol. The highest BCUT2D eigenvalue weighted by Crippen LogP contribution is 2.32. The molecule has 5 nitrogen and oxygen atoms in total. The Labute approximate surface area is 159 Å². The molecular formula is C20H26N2O3S. The number of hydrogen-bond donors (Lipinski definition) is 0. The number of hydrogen-bond acceptors (Lipinski definition) is 4. The number of ketones is 1. The van der Waals surface area contributed by atoms with Crippen molar-refractivity contribution in [1.29, 1.82) is 0 Å². The lowest BCUT2D eigenvalue weighted by atomic mass is 9.91. The molecule has 1 saturated heterocycles. The number of amides is 2. The highest BCUT2D eigenvalue weighted by molar-refractivity contribution is 8.04. The molecule has 0 aromatic heterocycles. The Morgan fingerprint density at radius 2 is 1.88 bits per heavy atom. The summed E-state index contributed by atoms with van der Waals surface area (Å²) < 4.78 is 0. The normalized spacial score (nSPS) is 17.5. The number of likely N-dealkylation sites (N-methyl/N-ethyl adjacent to an activating group) is 1. The smallest absolute Gasteiger partial charge is 0.245 e. The Balaban J connectivity index is 2.15. The number of allylic oxidation sites excluding steroid dienone is 1. The van der Waals surface area contributed by atoms with Crippen LogP contribution in [0.5, 0.6) is 0 Å². The predicted molar refractivity (Wildman–Crippen MR) is 104 cm³/mol. The van der Waals surface area contributed by atoms with Crippen LogP contribution in [-0.4, -0.2) is 46.2 Å². The molecule has 2 rings (SSSR count). The number of thioether (sulfide) groups is 1. The minimum Gasteiger partial charge on any atom is -0.340 e. The van der Waals surface area contributed by atoms with E-state index in [1.54, 1.807) is 18.9 Å². The maximum absolute atomic E-state index is 12.8. The second-order valence-corrected chi connectivity index (χ2v) is 8.50. The van der Waals surface area contributed by atoms with Gasteiger partial charge in [0.15, 0.2) is 5.78 Å². The summed E-state index contributed by atoms with van der Waals surface area (Å²) in [7, 11) is 1.73. The first kappa shape index (κ1) is 20.2. The zero-order valence-corrected chi connectivity index (χ0v) is 16.8. The molecule has 1 aliphatic heterocycles. The topological polar surface area (TPSA) is 57.7 Å². The van der Waals surface area contributed by atoms with Crippen molar-refractivity contribution in [2.75, 3.05) is 12.8 Å². The van der Waals surface area contributed by atoms with Gasteiger partial charge in [-0.05, 0) is 12.5 Å². The number of nitrogens with zero attached hydrogens (tertiary/aromatic N) is 2. The lowest BCUT2D eigenvalue weighted by Gasteiger charge is -2.28. The molecule has 1 heterocycles. The standard InChI is InChI=1S/C20H26N2O3S/c1-14(19(25)21(5)12-15-9-7-6-8-10-15)22-17(24)13-26-18(22)11-16(23)20(2,3)4/h6-11,14H,12-13H2,1-5H3/b18-11-/t14-/m1/s1. The number of carbonyl (C=O) groups is 3. The van der Waals surface area contributed by atoms with Gasteiger partial charge in [-0.2, -0.15) is 0 Å². The number of carbonyl (C=O) groups excluding carboxylic acids is 3. The van der Waals surface area contributed by atoms with Crippen molar-refractivity contribution >= 4 is 29.4 Å². The van der Waals surface area contributed by atoms with E-state index in [0.29, 0.717) is 11.6 Å². The van der Waals surface area contributed by atoms with Crippen LogP contribution in [0.15, 0.2) is 41.4 Å². The van der Waals surface area contributed by atoms with Gasteiger partial charge in [-0.15, -0.1) is 0 Å². The fraction of sp³-hybridized carbons (Fsp3) is 0.450. The van der Waals surface area contributed by atoms with Gasteiger partial charge in [0.05, 0.1) is 10.8 Å². The highest BCUT2D eigenvalue weighted by atomic mass is 32.2. The van der Waals surface area contributed by atoms with Crippen LogP contribution in [0.25, 0.3) is 0 Å². The van der Waals surface area contributed by atoms with E-state index in [1.807, 2.05) is 51.1 Å². The fourth-order valence-electron chi connectivity index (χ4n) is 2.61. The molecule has 0 radical (unpaired) electrons. The summed E-state index contributed by atoms with van der Waals surface area (Å²) in [6.45, 7) is 7.68. The van der Waals surface area contributed by atoms with E-state index in [4.69, 9.17) is 0 Å². The molecule has 0 bridgehead atoms. The summed E-state index contributed by atoms with van der Waals surface area (Å²) in [5.41, 5.74) is 0.499. The molecule has 1 aromatic carbocycles. The van der Waals surface area contributed by atoms with Crippen molar-refractivity contribution in [3.63, 3.8) is 0 Å². The highest BCUT2D eigenvalue weighted by Gasteiger charge is 2.36. The molecule has 0 N–H and O–H groups in total. The van der Waals surface area contributed by atoms with E-state index in [0.717, 1.165) is 5.56 Å². The van der Waals surface area contributed by atoms with Crippen LogP contribution in [0.3, 0.4) is 0 Å². The zero-order valence-electron chi connectivity index (χ0n) is 16.0. The Morgan fingerprint density at radius 1 is 1.27 bits per heavy atom. The van der Waals surface area contributed by atoms with Crippen LogP contribution in [0.4, 0.5) is 0 Å². The molecule has 140 valence electrons. The number of benzene rings is 1. The van der Waals surface area contributed by atoms with E-state index in [-0.39, 0.29) is 23.4 Å². The summed E-state index contributed by atoms with van der Waals surface area (Å²) in [4.78, 5) is 40.5. The van der Waals surface area contributed by atoms with Gasteiger partial charge in [-0.1, -0.05) is 62.9 Å². The molecule has 1 aliphatic rings. The minimum atomic E-state index is -0.648. The van der Waals surface area contributed by atoms with Crippen molar-refractivity contribution < 1.29 is 14.4 Å². The van der Waals surface area contributed by atoms with E-state index < -0.39 is 11.5 Å². The molecule has 0 aliphatic carbocycles. The van der Waals surface area contributed by atoms with E-state index >= 15 is 0 Å². The van der Waals surface area contributed by atoms with Crippen molar-refractivity contribution in [3.05, 3.63) is 47.0 Å². The molecule has 0 saturated carbocycles. The average Bonchev–Trinajstić information content (AvgIpc) is 2.94. The maximum Gasteiger partial charge on any atom is 0.245 e. The first-order valence-corrected chi connectivity index (χ1v) is 9.59. The first-order valence-electron chi connectivity index (χ1n) is 8.61. The predicted octanol–water partition coefficient (Wildman–Crippen LogP) is 3.07. The van der Waals surface area contributed by atoms with Crippen LogP contribution < -0.4 is 0 Å².